The molecule has 0 spiro atoms. The first kappa shape index (κ1) is 12.5. The first-order valence-electron chi connectivity index (χ1n) is 5.92. The second kappa shape index (κ2) is 5.60. The molecule has 0 amide bonds. The van der Waals surface area contributed by atoms with Gasteiger partial charge in [-0.25, -0.2) is 4.79 Å². The normalized spacial score (nSPS) is 10.6. The van der Waals surface area contributed by atoms with Crippen LogP contribution in [-0.4, -0.2) is 17.7 Å². The number of carbonyl (C=O) groups excluding carboxylic acids is 1. The van der Waals surface area contributed by atoms with E-state index in [1.807, 2.05) is 41.1 Å². The highest BCUT2D eigenvalue weighted by Crippen LogP contribution is 2.12. The molecule has 1 aromatic heterocycles. The van der Waals surface area contributed by atoms with Gasteiger partial charge in [0.15, 0.2) is 6.20 Å². The SMILES string of the molecule is CCOC(=O)C[n+]1cccc2cc(CO)ccc21. The van der Waals surface area contributed by atoms with Gasteiger partial charge in [0.2, 0.25) is 12.1 Å². The Labute approximate surface area is 105 Å². The van der Waals surface area contributed by atoms with Crippen LogP contribution in [0.25, 0.3) is 10.9 Å². The van der Waals surface area contributed by atoms with Crippen molar-refractivity contribution in [1.82, 2.24) is 0 Å². The van der Waals surface area contributed by atoms with Crippen LogP contribution in [0.4, 0.5) is 0 Å². The van der Waals surface area contributed by atoms with Gasteiger partial charge in [-0.05, 0) is 24.6 Å². The summed E-state index contributed by atoms with van der Waals surface area (Å²) in [6, 6.07) is 9.50. The number of nitrogens with zero attached hydrogens (tertiary/aromatic N) is 1. The predicted molar refractivity (Wildman–Crippen MR) is 66.7 cm³/mol. The van der Waals surface area contributed by atoms with Crippen LogP contribution in [0.5, 0.6) is 0 Å². The Hall–Kier alpha value is -1.94. The summed E-state index contributed by atoms with van der Waals surface area (Å²) in [5, 5.41) is 10.1. The summed E-state index contributed by atoms with van der Waals surface area (Å²) in [6.07, 6.45) is 1.85. The topological polar surface area (TPSA) is 50.4 Å². The summed E-state index contributed by atoms with van der Waals surface area (Å²) in [6.45, 7) is 2.39. The summed E-state index contributed by atoms with van der Waals surface area (Å²) >= 11 is 0. The van der Waals surface area contributed by atoms with E-state index in [9.17, 15) is 4.79 Å². The molecule has 0 unspecified atom stereocenters. The zero-order valence-corrected chi connectivity index (χ0v) is 10.3. The molecule has 0 radical (unpaired) electrons. The van der Waals surface area contributed by atoms with Crippen molar-refractivity contribution < 1.29 is 19.2 Å². The van der Waals surface area contributed by atoms with E-state index < -0.39 is 0 Å². The lowest BCUT2D eigenvalue weighted by atomic mass is 10.1. The minimum absolute atomic E-state index is 0.0166. The van der Waals surface area contributed by atoms with E-state index in [4.69, 9.17) is 9.84 Å². The number of esters is 1. The zero-order valence-electron chi connectivity index (χ0n) is 10.3. The van der Waals surface area contributed by atoms with Gasteiger partial charge in [-0.3, -0.25) is 0 Å². The highest BCUT2D eigenvalue weighted by molar-refractivity contribution is 5.77. The number of aromatic nitrogens is 1. The number of aliphatic hydroxyl groups is 1. The van der Waals surface area contributed by atoms with Crippen molar-refractivity contribution in [2.24, 2.45) is 0 Å². The van der Waals surface area contributed by atoms with Gasteiger partial charge in [-0.1, -0.05) is 6.07 Å². The molecule has 0 fully saturated rings. The number of fused-ring (bicyclic) bond motifs is 1. The molecular weight excluding hydrogens is 230 g/mol. The van der Waals surface area contributed by atoms with Gasteiger partial charge in [0, 0.05) is 17.5 Å². The molecule has 2 aromatic rings. The molecule has 18 heavy (non-hydrogen) atoms. The van der Waals surface area contributed by atoms with Crippen molar-refractivity contribution >= 4 is 16.9 Å². The van der Waals surface area contributed by atoms with Crippen LogP contribution in [0.2, 0.25) is 0 Å². The molecule has 0 aliphatic heterocycles. The first-order valence-corrected chi connectivity index (χ1v) is 5.92. The van der Waals surface area contributed by atoms with Gasteiger partial charge in [-0.15, -0.1) is 0 Å². The smallest absolute Gasteiger partial charge is 0.372 e. The number of aliphatic hydroxyl groups excluding tert-OH is 1. The Kier molecular flexibility index (Phi) is 3.89. The molecule has 1 heterocycles. The van der Waals surface area contributed by atoms with Crippen molar-refractivity contribution in [3.63, 3.8) is 0 Å². The lowest BCUT2D eigenvalue weighted by molar-refractivity contribution is -0.660. The van der Waals surface area contributed by atoms with Crippen LogP contribution in [0, 0.1) is 0 Å². The lowest BCUT2D eigenvalue weighted by Crippen LogP contribution is -2.39. The predicted octanol–water partition coefficient (Wildman–Crippen LogP) is 1.18. The average molecular weight is 246 g/mol. The third kappa shape index (κ3) is 2.65. The third-order valence-corrected chi connectivity index (χ3v) is 2.73. The van der Waals surface area contributed by atoms with E-state index in [0.29, 0.717) is 6.61 Å². The van der Waals surface area contributed by atoms with Crippen LogP contribution < -0.4 is 4.57 Å². The maximum absolute atomic E-state index is 11.5. The number of ether oxygens (including phenoxy) is 1. The highest BCUT2D eigenvalue weighted by Gasteiger charge is 2.14. The van der Waals surface area contributed by atoms with Gasteiger partial charge in [0.1, 0.15) is 0 Å². The average Bonchev–Trinajstić information content (AvgIpc) is 2.38. The molecule has 0 aliphatic rings. The molecule has 0 atom stereocenters. The van der Waals surface area contributed by atoms with E-state index in [0.717, 1.165) is 16.5 Å². The fourth-order valence-electron chi connectivity index (χ4n) is 1.91. The summed E-state index contributed by atoms with van der Waals surface area (Å²) in [4.78, 5) is 11.5. The Morgan fingerprint density at radius 2 is 2.22 bits per heavy atom. The largest absolute Gasteiger partial charge is 0.461 e. The lowest BCUT2D eigenvalue weighted by Gasteiger charge is -2.03. The van der Waals surface area contributed by atoms with E-state index in [-0.39, 0.29) is 19.1 Å². The second-order valence-electron chi connectivity index (χ2n) is 3.99. The Morgan fingerprint density at radius 3 is 2.94 bits per heavy atom. The van der Waals surface area contributed by atoms with Gasteiger partial charge < -0.3 is 9.84 Å². The highest BCUT2D eigenvalue weighted by atomic mass is 16.5. The molecule has 1 N–H and O–H groups in total. The molecule has 0 aliphatic carbocycles. The first-order chi connectivity index (χ1) is 8.74. The van der Waals surface area contributed by atoms with E-state index in [1.54, 1.807) is 6.92 Å². The Morgan fingerprint density at radius 1 is 1.39 bits per heavy atom. The number of benzene rings is 1. The molecule has 1 aromatic carbocycles. The number of hydrogen-bond donors (Lipinski definition) is 1. The van der Waals surface area contributed by atoms with Crippen molar-refractivity contribution in [1.29, 1.82) is 0 Å². The number of pyridine rings is 1. The molecular formula is C14H16NO3+. The molecule has 0 saturated heterocycles. The molecule has 94 valence electrons. The molecule has 0 bridgehead atoms. The second-order valence-corrected chi connectivity index (χ2v) is 3.99. The number of hydrogen-bond acceptors (Lipinski definition) is 3. The maximum atomic E-state index is 11.5. The van der Waals surface area contributed by atoms with Gasteiger partial charge in [-0.2, -0.15) is 4.57 Å². The minimum Gasteiger partial charge on any atom is -0.461 e. The van der Waals surface area contributed by atoms with Crippen LogP contribution in [-0.2, 0) is 22.7 Å². The van der Waals surface area contributed by atoms with Gasteiger partial charge in [0.05, 0.1) is 13.2 Å². The van der Waals surface area contributed by atoms with E-state index >= 15 is 0 Å². The standard InChI is InChI=1S/C14H16NO3/c1-2-18-14(17)9-15-7-3-4-12-8-11(10-16)5-6-13(12)15/h3-8,16H,2,9-10H2,1H3/q+1. The molecule has 2 rings (SSSR count). The fourth-order valence-corrected chi connectivity index (χ4v) is 1.91. The zero-order chi connectivity index (χ0) is 13.0. The van der Waals surface area contributed by atoms with E-state index in [2.05, 4.69) is 0 Å². The summed E-state index contributed by atoms with van der Waals surface area (Å²) in [7, 11) is 0. The van der Waals surface area contributed by atoms with Crippen molar-refractivity contribution in [2.75, 3.05) is 6.61 Å². The van der Waals surface area contributed by atoms with Crippen LogP contribution in [0.15, 0.2) is 36.5 Å². The van der Waals surface area contributed by atoms with Crippen molar-refractivity contribution in [3.05, 3.63) is 42.1 Å². The van der Waals surface area contributed by atoms with Crippen LogP contribution in [0.3, 0.4) is 0 Å². The molecule has 0 saturated carbocycles. The Balaban J connectivity index is 2.36. The van der Waals surface area contributed by atoms with Gasteiger partial charge >= 0.3 is 5.97 Å². The summed E-state index contributed by atoms with van der Waals surface area (Å²) in [5.74, 6) is -0.249. The van der Waals surface area contributed by atoms with Crippen LogP contribution in [0.1, 0.15) is 12.5 Å². The van der Waals surface area contributed by atoms with Crippen LogP contribution >= 0.6 is 0 Å². The van der Waals surface area contributed by atoms with Gasteiger partial charge in [0.25, 0.3) is 0 Å². The summed E-state index contributed by atoms with van der Waals surface area (Å²) in [5.41, 5.74) is 1.80. The summed E-state index contributed by atoms with van der Waals surface area (Å²) < 4.78 is 6.78. The van der Waals surface area contributed by atoms with Crippen molar-refractivity contribution in [2.45, 2.75) is 20.1 Å². The number of rotatable bonds is 4. The Bertz CT molecular complexity index is 566. The van der Waals surface area contributed by atoms with Crippen molar-refractivity contribution in [3.8, 4) is 0 Å². The molecule has 4 nitrogen and oxygen atoms in total. The number of carbonyl (C=O) groups is 1. The third-order valence-electron chi connectivity index (χ3n) is 2.73. The fraction of sp³-hybridized carbons (Fsp3) is 0.286. The molecule has 4 heteroatoms. The van der Waals surface area contributed by atoms with E-state index in [1.165, 1.54) is 0 Å². The monoisotopic (exact) mass is 246 g/mol. The maximum Gasteiger partial charge on any atom is 0.372 e. The quantitative estimate of drug-likeness (QED) is 0.651. The minimum atomic E-state index is -0.249.